The van der Waals surface area contributed by atoms with Gasteiger partial charge in [-0.05, 0) is 50.2 Å². The summed E-state index contributed by atoms with van der Waals surface area (Å²) >= 11 is 5.73. The van der Waals surface area contributed by atoms with Crippen LogP contribution >= 0.6 is 11.6 Å². The van der Waals surface area contributed by atoms with Crippen LogP contribution in [0.15, 0.2) is 18.3 Å². The second-order valence-electron chi connectivity index (χ2n) is 7.86. The number of hydrogen-bond donors (Lipinski definition) is 2. The molecule has 1 aliphatic carbocycles. The SMILES string of the molecule is COCOC1CCC(CCCC(=O)c2[nH]ncc2NC(=O)c2c(F)ccc(F)c2Cl)CC1. The van der Waals surface area contributed by atoms with Gasteiger partial charge in [0, 0.05) is 13.5 Å². The van der Waals surface area contributed by atoms with Crippen LogP contribution in [-0.4, -0.2) is 41.9 Å². The van der Waals surface area contributed by atoms with Gasteiger partial charge in [-0.2, -0.15) is 5.10 Å². The molecule has 0 radical (unpaired) electrons. The van der Waals surface area contributed by atoms with Crippen LogP contribution < -0.4 is 5.32 Å². The molecule has 1 aromatic carbocycles. The molecule has 1 saturated carbocycles. The van der Waals surface area contributed by atoms with E-state index in [4.69, 9.17) is 21.1 Å². The molecule has 1 fully saturated rings. The fraction of sp³-hybridized carbons (Fsp3) is 0.500. The number of ether oxygens (including phenoxy) is 2. The molecule has 7 nitrogen and oxygen atoms in total. The molecule has 0 unspecified atom stereocenters. The second-order valence-corrected chi connectivity index (χ2v) is 8.24. The zero-order valence-corrected chi connectivity index (χ0v) is 18.5. The molecule has 174 valence electrons. The Kier molecular flexibility index (Phi) is 8.72. The first-order valence-corrected chi connectivity index (χ1v) is 10.9. The number of aromatic amines is 1. The maximum absolute atomic E-state index is 14.0. The van der Waals surface area contributed by atoms with E-state index in [2.05, 4.69) is 15.5 Å². The molecular formula is C22H26ClF2N3O4. The first-order valence-electron chi connectivity index (χ1n) is 10.5. The Balaban J connectivity index is 1.51. The number of methoxy groups -OCH3 is 1. The molecular weight excluding hydrogens is 444 g/mol. The lowest BCUT2D eigenvalue weighted by Gasteiger charge is -2.28. The number of hydrogen-bond acceptors (Lipinski definition) is 5. The molecule has 1 aromatic heterocycles. The number of nitrogens with zero attached hydrogens (tertiary/aromatic N) is 1. The van der Waals surface area contributed by atoms with Crippen LogP contribution in [0.3, 0.4) is 0 Å². The van der Waals surface area contributed by atoms with E-state index in [-0.39, 0.29) is 29.7 Å². The van der Waals surface area contributed by atoms with Crippen LogP contribution in [0.1, 0.15) is 65.8 Å². The number of nitrogens with one attached hydrogen (secondary N) is 2. The van der Waals surface area contributed by atoms with Gasteiger partial charge in [-0.1, -0.05) is 18.0 Å². The maximum Gasteiger partial charge on any atom is 0.260 e. The first kappa shape index (κ1) is 24.3. The normalized spacial score (nSPS) is 18.5. The zero-order chi connectivity index (χ0) is 23.1. The number of ketones is 1. The third kappa shape index (κ3) is 6.11. The standard InChI is InChI=1S/C22H26ClF2N3O4/c1-31-12-32-14-7-5-13(6-8-14)3-2-4-18(29)21-17(11-26-28-21)27-22(30)19-15(24)9-10-16(25)20(19)23/h9-11,13-14H,2-8,12H2,1H3,(H,26,28)(H,27,30). The van der Waals surface area contributed by atoms with Crippen LogP contribution in [0.4, 0.5) is 14.5 Å². The van der Waals surface area contributed by atoms with Gasteiger partial charge in [-0.3, -0.25) is 14.7 Å². The van der Waals surface area contributed by atoms with Crippen LogP contribution in [0.5, 0.6) is 0 Å². The maximum atomic E-state index is 14.0. The number of carbonyl (C=O) groups is 2. The predicted octanol–water partition coefficient (Wildman–Crippen LogP) is 5.13. The molecule has 1 aliphatic rings. The van der Waals surface area contributed by atoms with Gasteiger partial charge in [0.05, 0.1) is 28.6 Å². The van der Waals surface area contributed by atoms with Crippen molar-refractivity contribution in [2.45, 2.75) is 51.0 Å². The van der Waals surface area contributed by atoms with Crippen molar-refractivity contribution in [3.8, 4) is 0 Å². The number of anilines is 1. The number of halogens is 3. The number of carbonyl (C=O) groups excluding carboxylic acids is 2. The Morgan fingerprint density at radius 2 is 1.94 bits per heavy atom. The minimum Gasteiger partial charge on any atom is -0.359 e. The quantitative estimate of drug-likeness (QED) is 0.286. The van der Waals surface area contributed by atoms with E-state index in [1.807, 2.05) is 0 Å². The first-order chi connectivity index (χ1) is 15.4. The van der Waals surface area contributed by atoms with Crippen LogP contribution in [0, 0.1) is 17.6 Å². The third-order valence-electron chi connectivity index (χ3n) is 5.67. The molecule has 0 aliphatic heterocycles. The molecule has 0 spiro atoms. The van der Waals surface area contributed by atoms with Gasteiger partial charge in [-0.15, -0.1) is 0 Å². The zero-order valence-electron chi connectivity index (χ0n) is 17.8. The highest BCUT2D eigenvalue weighted by Crippen LogP contribution is 2.30. The van der Waals surface area contributed by atoms with Crippen molar-refractivity contribution in [2.24, 2.45) is 5.92 Å². The van der Waals surface area contributed by atoms with Gasteiger partial charge in [-0.25, -0.2) is 8.78 Å². The number of rotatable bonds is 10. The number of Topliss-reactive ketones (excluding diaryl/α,β-unsaturated/α-hetero) is 1. The van der Waals surface area contributed by atoms with Gasteiger partial charge in [0.15, 0.2) is 5.78 Å². The lowest BCUT2D eigenvalue weighted by Crippen LogP contribution is -2.22. The lowest BCUT2D eigenvalue weighted by atomic mass is 9.84. The van der Waals surface area contributed by atoms with Crippen molar-refractivity contribution in [1.82, 2.24) is 10.2 Å². The van der Waals surface area contributed by atoms with Gasteiger partial charge in [0.1, 0.15) is 24.1 Å². The Morgan fingerprint density at radius 3 is 2.66 bits per heavy atom. The van der Waals surface area contributed by atoms with E-state index in [0.29, 0.717) is 19.1 Å². The van der Waals surface area contributed by atoms with Crippen molar-refractivity contribution in [2.75, 3.05) is 19.2 Å². The third-order valence-corrected chi connectivity index (χ3v) is 6.04. The Morgan fingerprint density at radius 1 is 1.22 bits per heavy atom. The van der Waals surface area contributed by atoms with E-state index in [0.717, 1.165) is 44.2 Å². The van der Waals surface area contributed by atoms with E-state index < -0.39 is 28.1 Å². The highest BCUT2D eigenvalue weighted by Gasteiger charge is 2.24. The van der Waals surface area contributed by atoms with Gasteiger partial charge < -0.3 is 14.8 Å². The van der Waals surface area contributed by atoms with Crippen LogP contribution in [0.25, 0.3) is 0 Å². The minimum absolute atomic E-state index is 0.0931. The molecule has 32 heavy (non-hydrogen) atoms. The summed E-state index contributed by atoms with van der Waals surface area (Å²) < 4.78 is 38.1. The van der Waals surface area contributed by atoms with E-state index in [9.17, 15) is 18.4 Å². The summed E-state index contributed by atoms with van der Waals surface area (Å²) in [6.07, 6.45) is 7.45. The average Bonchev–Trinajstić information content (AvgIpc) is 3.24. The van der Waals surface area contributed by atoms with Crippen LogP contribution in [-0.2, 0) is 9.47 Å². The highest BCUT2D eigenvalue weighted by molar-refractivity contribution is 6.34. The van der Waals surface area contributed by atoms with Crippen molar-refractivity contribution in [1.29, 1.82) is 0 Å². The predicted molar refractivity (Wildman–Crippen MR) is 115 cm³/mol. The number of amides is 1. The second kappa shape index (κ2) is 11.5. The summed E-state index contributed by atoms with van der Waals surface area (Å²) in [5.41, 5.74) is -0.421. The van der Waals surface area contributed by atoms with Crippen LogP contribution in [0.2, 0.25) is 5.02 Å². The van der Waals surface area contributed by atoms with E-state index in [1.165, 1.54) is 6.20 Å². The van der Waals surface area contributed by atoms with Crippen molar-refractivity contribution >= 4 is 29.0 Å². The molecule has 1 heterocycles. The van der Waals surface area contributed by atoms with Crippen molar-refractivity contribution in [3.63, 3.8) is 0 Å². The van der Waals surface area contributed by atoms with Crippen molar-refractivity contribution in [3.05, 3.63) is 46.2 Å². The molecule has 2 aromatic rings. The smallest absolute Gasteiger partial charge is 0.260 e. The van der Waals surface area contributed by atoms with Gasteiger partial charge in [0.2, 0.25) is 0 Å². The molecule has 0 saturated heterocycles. The molecule has 1 amide bonds. The number of H-pyrrole nitrogens is 1. The Bertz CT molecular complexity index is 945. The van der Waals surface area contributed by atoms with Gasteiger partial charge in [0.25, 0.3) is 5.91 Å². The highest BCUT2D eigenvalue weighted by atomic mass is 35.5. The Labute approximate surface area is 189 Å². The topological polar surface area (TPSA) is 93.3 Å². The summed E-state index contributed by atoms with van der Waals surface area (Å²) in [5.74, 6) is -2.52. The minimum atomic E-state index is -0.965. The number of aromatic nitrogens is 2. The van der Waals surface area contributed by atoms with Gasteiger partial charge >= 0.3 is 0 Å². The summed E-state index contributed by atoms with van der Waals surface area (Å²) in [6.45, 7) is 0.310. The fourth-order valence-electron chi connectivity index (χ4n) is 3.94. The number of benzene rings is 1. The average molecular weight is 470 g/mol. The summed E-state index contributed by atoms with van der Waals surface area (Å²) in [4.78, 5) is 25.0. The van der Waals surface area contributed by atoms with E-state index in [1.54, 1.807) is 7.11 Å². The molecule has 3 rings (SSSR count). The molecule has 2 N–H and O–H groups in total. The monoisotopic (exact) mass is 469 g/mol. The molecule has 0 bridgehead atoms. The largest absolute Gasteiger partial charge is 0.359 e. The molecule has 0 atom stereocenters. The summed E-state index contributed by atoms with van der Waals surface area (Å²) in [7, 11) is 1.61. The van der Waals surface area contributed by atoms with E-state index >= 15 is 0 Å². The summed E-state index contributed by atoms with van der Waals surface area (Å²) in [6, 6.07) is 1.65. The lowest BCUT2D eigenvalue weighted by molar-refractivity contribution is -0.0860. The fourth-order valence-corrected chi connectivity index (χ4v) is 4.18. The summed E-state index contributed by atoms with van der Waals surface area (Å²) in [5, 5.41) is 8.14. The molecule has 10 heteroatoms. The van der Waals surface area contributed by atoms with Crippen molar-refractivity contribution < 1.29 is 27.8 Å². The Hall–Kier alpha value is -2.36.